The molecule has 2 aromatic carbocycles. The van der Waals surface area contributed by atoms with Crippen LogP contribution in [0.4, 0.5) is 22.0 Å². The molecule has 3 rings (SSSR count). The zero-order valence-corrected chi connectivity index (χ0v) is 18.8. The molecule has 1 heterocycles. The lowest BCUT2D eigenvalue weighted by atomic mass is 10.0. The Hall–Kier alpha value is -3.41. The van der Waals surface area contributed by atoms with E-state index >= 15 is 0 Å². The summed E-state index contributed by atoms with van der Waals surface area (Å²) < 4.78 is 73.7. The molecule has 2 amide bonds. The Morgan fingerprint density at radius 3 is 2.43 bits per heavy atom. The van der Waals surface area contributed by atoms with Gasteiger partial charge in [-0.25, -0.2) is 8.78 Å². The van der Waals surface area contributed by atoms with Crippen LogP contribution in [0.2, 0.25) is 0 Å². The van der Waals surface area contributed by atoms with E-state index in [9.17, 15) is 31.5 Å². The number of carbonyl (C=O) groups is 2. The second-order valence-electron chi connectivity index (χ2n) is 7.92. The Labute approximate surface area is 198 Å². The molecule has 0 aromatic heterocycles. The summed E-state index contributed by atoms with van der Waals surface area (Å²) in [4.78, 5) is 25.1. The van der Waals surface area contributed by atoms with E-state index in [0.29, 0.717) is 12.0 Å². The van der Waals surface area contributed by atoms with Crippen LogP contribution in [-0.4, -0.2) is 37.5 Å². The van der Waals surface area contributed by atoms with Crippen molar-refractivity contribution < 1.29 is 41.0 Å². The van der Waals surface area contributed by atoms with Gasteiger partial charge in [0.1, 0.15) is 0 Å². The topological polar surface area (TPSA) is 88.7 Å². The Kier molecular flexibility index (Phi) is 8.15. The maximum absolute atomic E-state index is 14.1. The van der Waals surface area contributed by atoms with Crippen LogP contribution in [0.25, 0.3) is 0 Å². The lowest BCUT2D eigenvalue weighted by Crippen LogP contribution is -2.61. The van der Waals surface area contributed by atoms with E-state index in [1.54, 1.807) is 13.0 Å². The summed E-state index contributed by atoms with van der Waals surface area (Å²) in [5, 5.41) is 8.37. The van der Waals surface area contributed by atoms with Gasteiger partial charge in [-0.2, -0.15) is 0 Å². The van der Waals surface area contributed by atoms with Crippen molar-refractivity contribution in [1.29, 1.82) is 0 Å². The van der Waals surface area contributed by atoms with Crippen molar-refractivity contribution in [2.24, 2.45) is 0 Å². The monoisotopic (exact) mass is 501 g/mol. The Morgan fingerprint density at radius 2 is 1.83 bits per heavy atom. The molecule has 0 saturated carbocycles. The van der Waals surface area contributed by atoms with Crippen LogP contribution < -0.4 is 25.4 Å². The summed E-state index contributed by atoms with van der Waals surface area (Å²) in [7, 11) is 1.34. The lowest BCUT2D eigenvalue weighted by molar-refractivity contribution is -0.275. The summed E-state index contributed by atoms with van der Waals surface area (Å²) in [6.45, 7) is 1.70. The van der Waals surface area contributed by atoms with Crippen molar-refractivity contribution in [2.45, 2.75) is 50.8 Å². The van der Waals surface area contributed by atoms with Crippen LogP contribution in [0, 0.1) is 11.6 Å². The van der Waals surface area contributed by atoms with Crippen molar-refractivity contribution in [1.82, 2.24) is 16.0 Å². The van der Waals surface area contributed by atoms with E-state index in [0.717, 1.165) is 12.1 Å². The van der Waals surface area contributed by atoms with E-state index in [1.807, 2.05) is 0 Å². The van der Waals surface area contributed by atoms with Gasteiger partial charge in [0.25, 0.3) is 0 Å². The molecule has 3 atom stereocenters. The zero-order valence-electron chi connectivity index (χ0n) is 18.8. The number of methoxy groups -OCH3 is 1. The molecule has 2 unspecified atom stereocenters. The molecule has 12 heteroatoms. The molecule has 1 aliphatic heterocycles. The third kappa shape index (κ3) is 7.04. The van der Waals surface area contributed by atoms with Gasteiger partial charge in [0.05, 0.1) is 31.8 Å². The fourth-order valence-corrected chi connectivity index (χ4v) is 3.77. The SMILES string of the molecule is CC[C@@H](NC(=O)C1CC(=O)NC(Cc2ccc(OC)c(F)c2)N1)c1ccc(OC(F)(F)F)c(F)c1. The van der Waals surface area contributed by atoms with E-state index in [-0.39, 0.29) is 24.2 Å². The largest absolute Gasteiger partial charge is 0.573 e. The number of rotatable bonds is 8. The normalized spacial score (nSPS) is 19.0. The molecule has 0 bridgehead atoms. The maximum Gasteiger partial charge on any atom is 0.573 e. The molecule has 0 aliphatic carbocycles. The third-order valence-electron chi connectivity index (χ3n) is 5.41. The van der Waals surface area contributed by atoms with Gasteiger partial charge in [0.2, 0.25) is 11.8 Å². The second-order valence-corrected chi connectivity index (χ2v) is 7.92. The highest BCUT2D eigenvalue weighted by Gasteiger charge is 2.34. The minimum atomic E-state index is -5.04. The highest BCUT2D eigenvalue weighted by molar-refractivity contribution is 5.89. The number of carbonyl (C=O) groups excluding carboxylic acids is 2. The average Bonchev–Trinajstić information content (AvgIpc) is 2.77. The minimum absolute atomic E-state index is 0.0756. The second kappa shape index (κ2) is 10.9. The van der Waals surface area contributed by atoms with Crippen LogP contribution in [-0.2, 0) is 16.0 Å². The number of halogens is 5. The number of amides is 2. The first-order chi connectivity index (χ1) is 16.5. The summed E-state index contributed by atoms with van der Waals surface area (Å²) in [5.41, 5.74) is 0.795. The minimum Gasteiger partial charge on any atom is -0.494 e. The van der Waals surface area contributed by atoms with Crippen molar-refractivity contribution in [3.8, 4) is 11.5 Å². The van der Waals surface area contributed by atoms with Crippen molar-refractivity contribution >= 4 is 11.8 Å². The summed E-state index contributed by atoms with van der Waals surface area (Å²) in [5.74, 6) is -3.64. The van der Waals surface area contributed by atoms with E-state index < -0.39 is 53.8 Å². The number of alkyl halides is 3. The van der Waals surface area contributed by atoms with Crippen LogP contribution >= 0.6 is 0 Å². The summed E-state index contributed by atoms with van der Waals surface area (Å²) in [6.07, 6.45) is -5.36. The smallest absolute Gasteiger partial charge is 0.494 e. The molecule has 2 aromatic rings. The fourth-order valence-electron chi connectivity index (χ4n) is 3.77. The van der Waals surface area contributed by atoms with Crippen LogP contribution in [0.1, 0.15) is 36.9 Å². The number of ether oxygens (including phenoxy) is 2. The molecular formula is C23H24F5N3O4. The van der Waals surface area contributed by atoms with E-state index in [2.05, 4.69) is 20.7 Å². The first kappa shape index (κ1) is 26.2. The number of nitrogens with one attached hydrogen (secondary N) is 3. The fraction of sp³-hybridized carbons (Fsp3) is 0.391. The Bertz CT molecular complexity index is 1080. The Morgan fingerprint density at radius 1 is 1.14 bits per heavy atom. The highest BCUT2D eigenvalue weighted by Crippen LogP contribution is 2.28. The van der Waals surface area contributed by atoms with E-state index in [1.165, 1.54) is 25.3 Å². The van der Waals surface area contributed by atoms with E-state index in [4.69, 9.17) is 4.74 Å². The summed E-state index contributed by atoms with van der Waals surface area (Å²) in [6, 6.07) is 5.62. The highest BCUT2D eigenvalue weighted by atomic mass is 19.4. The van der Waals surface area contributed by atoms with Gasteiger partial charge < -0.3 is 20.1 Å². The molecular weight excluding hydrogens is 477 g/mol. The zero-order chi connectivity index (χ0) is 25.8. The number of benzene rings is 2. The molecule has 35 heavy (non-hydrogen) atoms. The molecule has 1 aliphatic rings. The standard InChI is InChI=1S/C23H24F5N3O4/c1-3-16(13-5-7-19(15(25)10-13)35-23(26,27)28)30-22(33)17-11-21(32)31-20(29-17)9-12-4-6-18(34-2)14(24)8-12/h4-8,10,16-17,20,29H,3,9,11H2,1-2H3,(H,30,33)(H,31,32)/t16-,17?,20?/m1/s1. The Balaban J connectivity index is 1.66. The summed E-state index contributed by atoms with van der Waals surface area (Å²) >= 11 is 0. The van der Waals surface area contributed by atoms with Gasteiger partial charge >= 0.3 is 6.36 Å². The third-order valence-corrected chi connectivity index (χ3v) is 5.41. The molecule has 0 radical (unpaired) electrons. The predicted octanol–water partition coefficient (Wildman–Crippen LogP) is 3.49. The average molecular weight is 501 g/mol. The van der Waals surface area contributed by atoms with Gasteiger partial charge in [-0.3, -0.25) is 14.9 Å². The molecule has 0 spiro atoms. The van der Waals surface area contributed by atoms with Crippen LogP contribution in [0.5, 0.6) is 11.5 Å². The van der Waals surface area contributed by atoms with Gasteiger partial charge in [-0.05, 0) is 41.8 Å². The van der Waals surface area contributed by atoms with Crippen molar-refractivity contribution in [3.63, 3.8) is 0 Å². The van der Waals surface area contributed by atoms with Crippen LogP contribution in [0.3, 0.4) is 0 Å². The quantitative estimate of drug-likeness (QED) is 0.482. The van der Waals surface area contributed by atoms with Gasteiger partial charge in [0.15, 0.2) is 23.1 Å². The molecule has 1 saturated heterocycles. The van der Waals surface area contributed by atoms with Crippen molar-refractivity contribution in [3.05, 3.63) is 59.2 Å². The molecule has 3 N–H and O–H groups in total. The molecule has 190 valence electrons. The van der Waals surface area contributed by atoms with Gasteiger partial charge in [-0.15, -0.1) is 13.2 Å². The predicted molar refractivity (Wildman–Crippen MR) is 114 cm³/mol. The molecule has 7 nitrogen and oxygen atoms in total. The maximum atomic E-state index is 14.1. The number of hydrogen-bond donors (Lipinski definition) is 3. The number of hydrogen-bond acceptors (Lipinski definition) is 5. The molecule has 1 fully saturated rings. The first-order valence-corrected chi connectivity index (χ1v) is 10.7. The van der Waals surface area contributed by atoms with Crippen LogP contribution in [0.15, 0.2) is 36.4 Å². The van der Waals surface area contributed by atoms with Crippen molar-refractivity contribution in [2.75, 3.05) is 7.11 Å². The lowest BCUT2D eigenvalue weighted by Gasteiger charge is -2.32. The van der Waals surface area contributed by atoms with Gasteiger partial charge in [0, 0.05) is 6.42 Å². The van der Waals surface area contributed by atoms with Gasteiger partial charge in [-0.1, -0.05) is 19.1 Å². The first-order valence-electron chi connectivity index (χ1n) is 10.7.